The third-order valence-electron chi connectivity index (χ3n) is 6.76. The summed E-state index contributed by atoms with van der Waals surface area (Å²) in [5, 5.41) is 7.35. The van der Waals surface area contributed by atoms with Gasteiger partial charge in [-0.3, -0.25) is 4.79 Å². The molecule has 2 aromatic carbocycles. The Bertz CT molecular complexity index is 1670. The van der Waals surface area contributed by atoms with Crippen molar-refractivity contribution in [1.29, 1.82) is 0 Å². The molecule has 196 valence electrons. The number of aromatic nitrogens is 3. The van der Waals surface area contributed by atoms with Crippen LogP contribution < -0.4 is 10.2 Å². The second kappa shape index (κ2) is 10.6. The first-order valence-corrected chi connectivity index (χ1v) is 13.2. The van der Waals surface area contributed by atoms with Crippen LogP contribution in [-0.2, 0) is 5.41 Å². The number of allylic oxidation sites excluding steroid dienone is 2. The molecule has 0 saturated carbocycles. The number of anilines is 2. The summed E-state index contributed by atoms with van der Waals surface area (Å²) in [7, 11) is 0. The van der Waals surface area contributed by atoms with Gasteiger partial charge in [0.25, 0.3) is 5.91 Å². The Hall–Kier alpha value is -4.63. The molecule has 1 aliphatic rings. The van der Waals surface area contributed by atoms with Crippen LogP contribution in [0, 0.1) is 18.8 Å². The SMILES string of the molecule is CC1=CN(c2cc(NC(=O)c3ccc(C)c(C#Cc4cnc5ccnn5c4)c3)cc(C(C)(C)C)c2)C=CCC1. The van der Waals surface area contributed by atoms with E-state index in [1.807, 2.05) is 43.5 Å². The van der Waals surface area contributed by atoms with Gasteiger partial charge in [-0.25, -0.2) is 9.50 Å². The monoisotopic (exact) mass is 515 g/mol. The van der Waals surface area contributed by atoms with Crippen LogP contribution in [0.2, 0.25) is 0 Å². The Kier molecular flexibility index (Phi) is 7.08. The average molecular weight is 516 g/mol. The van der Waals surface area contributed by atoms with E-state index >= 15 is 0 Å². The maximum absolute atomic E-state index is 13.4. The van der Waals surface area contributed by atoms with Gasteiger partial charge in [0.15, 0.2) is 5.65 Å². The van der Waals surface area contributed by atoms with Gasteiger partial charge in [-0.2, -0.15) is 5.10 Å². The topological polar surface area (TPSA) is 62.5 Å². The molecule has 0 bridgehead atoms. The molecule has 39 heavy (non-hydrogen) atoms. The largest absolute Gasteiger partial charge is 0.324 e. The summed E-state index contributed by atoms with van der Waals surface area (Å²) in [4.78, 5) is 19.9. The van der Waals surface area contributed by atoms with Crippen molar-refractivity contribution in [1.82, 2.24) is 14.6 Å². The highest BCUT2D eigenvalue weighted by Crippen LogP contribution is 2.32. The second-order valence-corrected chi connectivity index (χ2v) is 11.0. The molecule has 1 amide bonds. The summed E-state index contributed by atoms with van der Waals surface area (Å²) >= 11 is 0. The molecule has 0 radical (unpaired) electrons. The van der Waals surface area contributed by atoms with Gasteiger partial charge in [-0.15, -0.1) is 0 Å². The zero-order chi connectivity index (χ0) is 27.6. The summed E-state index contributed by atoms with van der Waals surface area (Å²) in [6.07, 6.45) is 13.8. The fourth-order valence-corrected chi connectivity index (χ4v) is 4.39. The van der Waals surface area contributed by atoms with Gasteiger partial charge < -0.3 is 10.2 Å². The first-order valence-electron chi connectivity index (χ1n) is 13.2. The fourth-order valence-electron chi connectivity index (χ4n) is 4.39. The normalized spacial score (nSPS) is 13.5. The summed E-state index contributed by atoms with van der Waals surface area (Å²) < 4.78 is 1.69. The van der Waals surface area contributed by atoms with Crippen LogP contribution in [0.5, 0.6) is 0 Å². The third kappa shape index (κ3) is 6.10. The number of hydrogen-bond acceptors (Lipinski definition) is 4. The molecule has 1 N–H and O–H groups in total. The Labute approximate surface area is 230 Å². The Balaban J connectivity index is 1.43. The lowest BCUT2D eigenvalue weighted by Crippen LogP contribution is -2.17. The lowest BCUT2D eigenvalue weighted by molar-refractivity contribution is 0.102. The molecule has 0 aliphatic carbocycles. The van der Waals surface area contributed by atoms with Crippen LogP contribution in [0.1, 0.15) is 73.1 Å². The molecular formula is C33H33N5O. The first-order chi connectivity index (χ1) is 18.7. The Morgan fingerprint density at radius 3 is 2.72 bits per heavy atom. The smallest absolute Gasteiger partial charge is 0.255 e. The van der Waals surface area contributed by atoms with E-state index < -0.39 is 0 Å². The number of nitrogens with one attached hydrogen (secondary N) is 1. The van der Waals surface area contributed by atoms with Gasteiger partial charge in [0.1, 0.15) is 0 Å². The van der Waals surface area contributed by atoms with Crippen molar-refractivity contribution >= 4 is 22.9 Å². The summed E-state index contributed by atoms with van der Waals surface area (Å²) in [5.74, 6) is 6.18. The van der Waals surface area contributed by atoms with E-state index in [0.717, 1.165) is 52.1 Å². The molecule has 0 atom stereocenters. The molecule has 0 fully saturated rings. The number of rotatable bonds is 3. The van der Waals surface area contributed by atoms with E-state index in [1.165, 1.54) is 5.57 Å². The predicted molar refractivity (Wildman–Crippen MR) is 158 cm³/mol. The van der Waals surface area contributed by atoms with E-state index in [-0.39, 0.29) is 11.3 Å². The number of aryl methyl sites for hydroxylation is 1. The number of carbonyl (C=O) groups is 1. The van der Waals surface area contributed by atoms with Crippen molar-refractivity contribution in [3.8, 4) is 11.8 Å². The molecule has 2 aromatic heterocycles. The lowest BCUT2D eigenvalue weighted by Gasteiger charge is -2.24. The molecule has 5 rings (SSSR count). The molecule has 0 spiro atoms. The Morgan fingerprint density at radius 2 is 1.90 bits per heavy atom. The van der Waals surface area contributed by atoms with Gasteiger partial charge in [-0.1, -0.05) is 50.3 Å². The van der Waals surface area contributed by atoms with E-state index in [2.05, 4.69) is 90.4 Å². The van der Waals surface area contributed by atoms with E-state index in [9.17, 15) is 4.79 Å². The van der Waals surface area contributed by atoms with Gasteiger partial charge in [0.05, 0.1) is 11.8 Å². The van der Waals surface area contributed by atoms with Gasteiger partial charge in [-0.05, 0) is 73.6 Å². The highest BCUT2D eigenvalue weighted by atomic mass is 16.1. The van der Waals surface area contributed by atoms with Crippen molar-refractivity contribution in [2.24, 2.45) is 0 Å². The standard InChI is InChI=1S/C33H33N5O/c1-23-8-6-7-15-37(21-23)30-18-28(33(3,4)5)17-29(19-30)36-32(39)27-11-9-24(2)26(16-27)12-10-25-20-34-31-13-14-35-38(31)22-25/h7,9,11,13-22H,6,8H2,1-5H3,(H,36,39). The number of nitrogens with zero attached hydrogens (tertiary/aromatic N) is 4. The quantitative estimate of drug-likeness (QED) is 0.298. The summed E-state index contributed by atoms with van der Waals surface area (Å²) in [6, 6.07) is 13.7. The van der Waals surface area contributed by atoms with Crippen LogP contribution in [0.3, 0.4) is 0 Å². The lowest BCUT2D eigenvalue weighted by atomic mass is 9.86. The fraction of sp³-hybridized carbons (Fsp3) is 0.242. The molecule has 4 aromatic rings. The van der Waals surface area contributed by atoms with Crippen LogP contribution in [-0.4, -0.2) is 20.5 Å². The van der Waals surface area contributed by atoms with Gasteiger partial charge in [0, 0.05) is 53.4 Å². The number of amides is 1. The number of carbonyl (C=O) groups excluding carboxylic acids is 1. The second-order valence-electron chi connectivity index (χ2n) is 11.0. The predicted octanol–water partition coefficient (Wildman–Crippen LogP) is 7.01. The molecule has 3 heterocycles. The van der Waals surface area contributed by atoms with E-state index in [1.54, 1.807) is 16.9 Å². The highest BCUT2D eigenvalue weighted by molar-refractivity contribution is 6.05. The van der Waals surface area contributed by atoms with Crippen molar-refractivity contribution in [2.45, 2.75) is 52.9 Å². The number of benzene rings is 2. The molecular weight excluding hydrogens is 482 g/mol. The van der Waals surface area contributed by atoms with Crippen molar-refractivity contribution in [2.75, 3.05) is 10.2 Å². The van der Waals surface area contributed by atoms with E-state index in [0.29, 0.717) is 5.56 Å². The summed E-state index contributed by atoms with van der Waals surface area (Å²) in [5.41, 5.74) is 8.04. The molecule has 0 unspecified atom stereocenters. The van der Waals surface area contributed by atoms with Gasteiger partial charge >= 0.3 is 0 Å². The van der Waals surface area contributed by atoms with Crippen LogP contribution in [0.15, 0.2) is 85.1 Å². The minimum atomic E-state index is -0.173. The Morgan fingerprint density at radius 1 is 1.05 bits per heavy atom. The zero-order valence-corrected chi connectivity index (χ0v) is 23.1. The average Bonchev–Trinajstić information content (AvgIpc) is 3.26. The zero-order valence-electron chi connectivity index (χ0n) is 23.1. The van der Waals surface area contributed by atoms with E-state index in [4.69, 9.17) is 0 Å². The number of fused-ring (bicyclic) bond motifs is 1. The minimum absolute atomic E-state index is 0.0789. The molecule has 0 saturated heterocycles. The molecule has 1 aliphatic heterocycles. The number of hydrogen-bond donors (Lipinski definition) is 1. The van der Waals surface area contributed by atoms with Crippen LogP contribution in [0.25, 0.3) is 5.65 Å². The van der Waals surface area contributed by atoms with Crippen LogP contribution >= 0.6 is 0 Å². The molecule has 6 nitrogen and oxygen atoms in total. The minimum Gasteiger partial charge on any atom is -0.324 e. The molecule has 6 heteroatoms. The maximum atomic E-state index is 13.4. The first kappa shape index (κ1) is 26.0. The van der Waals surface area contributed by atoms with Crippen molar-refractivity contribution in [3.05, 3.63) is 113 Å². The van der Waals surface area contributed by atoms with Crippen molar-refractivity contribution in [3.63, 3.8) is 0 Å². The van der Waals surface area contributed by atoms with Crippen molar-refractivity contribution < 1.29 is 4.79 Å². The maximum Gasteiger partial charge on any atom is 0.255 e. The van der Waals surface area contributed by atoms with Gasteiger partial charge in [0.2, 0.25) is 0 Å². The summed E-state index contributed by atoms with van der Waals surface area (Å²) in [6.45, 7) is 10.7. The third-order valence-corrected chi connectivity index (χ3v) is 6.76. The van der Waals surface area contributed by atoms with Crippen LogP contribution in [0.4, 0.5) is 11.4 Å². The highest BCUT2D eigenvalue weighted by Gasteiger charge is 2.18.